The van der Waals surface area contributed by atoms with Crippen LogP contribution >= 0.6 is 0 Å². The molecule has 96 valence electrons. The van der Waals surface area contributed by atoms with Gasteiger partial charge < -0.3 is 10.3 Å². The molecule has 0 bridgehead atoms. The Morgan fingerprint density at radius 1 is 1.61 bits per heavy atom. The molecule has 2 rings (SSSR count). The van der Waals surface area contributed by atoms with E-state index in [0.29, 0.717) is 16.5 Å². The Bertz CT molecular complexity index is 504. The van der Waals surface area contributed by atoms with E-state index in [-0.39, 0.29) is 0 Å². The fourth-order valence-corrected chi connectivity index (χ4v) is 1.74. The van der Waals surface area contributed by atoms with Crippen LogP contribution < -0.4 is 5.73 Å². The van der Waals surface area contributed by atoms with E-state index in [4.69, 9.17) is 10.3 Å². The first kappa shape index (κ1) is 12.4. The summed E-state index contributed by atoms with van der Waals surface area (Å²) < 4.78 is 5.12. The predicted octanol–water partition coefficient (Wildman–Crippen LogP) is 2.24. The summed E-state index contributed by atoms with van der Waals surface area (Å²) in [5, 5.41) is 13.7. The maximum absolute atomic E-state index is 10.8. The number of urea groups is 1. The van der Waals surface area contributed by atoms with Gasteiger partial charge in [0.15, 0.2) is 5.76 Å². The highest BCUT2D eigenvalue weighted by molar-refractivity contribution is 5.73. The van der Waals surface area contributed by atoms with Crippen LogP contribution in [0.1, 0.15) is 37.3 Å². The lowest BCUT2D eigenvalue weighted by Crippen LogP contribution is -2.34. The average Bonchev–Trinajstić information content (AvgIpc) is 2.87. The van der Waals surface area contributed by atoms with E-state index in [1.54, 1.807) is 13.0 Å². The van der Waals surface area contributed by atoms with E-state index < -0.39 is 12.1 Å². The van der Waals surface area contributed by atoms with Crippen molar-refractivity contribution in [3.8, 4) is 0 Å². The largest absolute Gasteiger partial charge is 0.358 e. The number of nitrogens with two attached hydrogens (primary N) is 1. The maximum Gasteiger partial charge on any atom is 0.339 e. The van der Waals surface area contributed by atoms with Crippen LogP contribution in [0.2, 0.25) is 0 Å². The quantitative estimate of drug-likeness (QED) is 0.634. The zero-order valence-electron chi connectivity index (χ0n) is 10.0. The molecule has 1 aliphatic rings. The van der Waals surface area contributed by atoms with E-state index in [1.165, 1.54) is 0 Å². The average molecular weight is 249 g/mol. The van der Waals surface area contributed by atoms with Gasteiger partial charge in [0.2, 0.25) is 0 Å². The molecule has 0 saturated carbocycles. The van der Waals surface area contributed by atoms with Crippen molar-refractivity contribution >= 4 is 11.6 Å². The van der Waals surface area contributed by atoms with E-state index >= 15 is 0 Å². The minimum absolute atomic E-state index is 0.381. The molecule has 0 radical (unpaired) electrons. The third kappa shape index (κ3) is 2.43. The smallest absolute Gasteiger partial charge is 0.339 e. The van der Waals surface area contributed by atoms with Gasteiger partial charge in [-0.25, -0.2) is 4.79 Å². The van der Waals surface area contributed by atoms with Crippen molar-refractivity contribution in [2.24, 2.45) is 5.73 Å². The molecule has 0 aliphatic heterocycles. The summed E-state index contributed by atoms with van der Waals surface area (Å²) in [7, 11) is 0. The van der Waals surface area contributed by atoms with Gasteiger partial charge >= 0.3 is 6.03 Å². The SMILES string of the molecule is CC(c1cc(C2=CCCC=C2)no1)N(O)C(N)=O. The topological polar surface area (TPSA) is 92.6 Å². The second kappa shape index (κ2) is 5.05. The number of nitrogens with zero attached hydrogens (tertiary/aromatic N) is 2. The van der Waals surface area contributed by atoms with Crippen molar-refractivity contribution in [1.82, 2.24) is 10.2 Å². The number of hydrogen-bond acceptors (Lipinski definition) is 4. The number of allylic oxidation sites excluding steroid dienone is 4. The molecule has 1 heterocycles. The lowest BCUT2D eigenvalue weighted by Gasteiger charge is -2.17. The standard InChI is InChI=1S/C12H15N3O3/c1-8(15(17)12(13)16)11-7-10(14-18-11)9-5-3-2-4-6-9/h3,5-8,17H,2,4H2,1H3,(H2,13,16). The number of hydrogen-bond donors (Lipinski definition) is 2. The molecule has 1 aliphatic carbocycles. The van der Waals surface area contributed by atoms with Gasteiger partial charge in [-0.2, -0.15) is 5.06 Å². The summed E-state index contributed by atoms with van der Waals surface area (Å²) in [4.78, 5) is 10.8. The van der Waals surface area contributed by atoms with Crippen LogP contribution in [-0.4, -0.2) is 21.5 Å². The van der Waals surface area contributed by atoms with Gasteiger partial charge in [-0.05, 0) is 25.3 Å². The number of rotatable bonds is 3. The van der Waals surface area contributed by atoms with Crippen molar-refractivity contribution in [3.05, 3.63) is 35.7 Å². The molecule has 1 unspecified atom stereocenters. The number of amides is 2. The molecule has 6 heteroatoms. The van der Waals surface area contributed by atoms with Gasteiger partial charge in [-0.15, -0.1) is 0 Å². The summed E-state index contributed by atoms with van der Waals surface area (Å²) in [6, 6.07) is 0.0901. The number of carbonyl (C=O) groups excluding carboxylic acids is 1. The van der Waals surface area contributed by atoms with Crippen molar-refractivity contribution < 1.29 is 14.5 Å². The van der Waals surface area contributed by atoms with Crippen molar-refractivity contribution in [2.75, 3.05) is 0 Å². The van der Waals surface area contributed by atoms with Gasteiger partial charge in [-0.3, -0.25) is 5.21 Å². The van der Waals surface area contributed by atoms with Gasteiger partial charge in [0.1, 0.15) is 11.7 Å². The Morgan fingerprint density at radius 2 is 2.39 bits per heavy atom. The monoisotopic (exact) mass is 249 g/mol. The second-order valence-electron chi connectivity index (χ2n) is 4.11. The Kier molecular flexibility index (Phi) is 3.47. The van der Waals surface area contributed by atoms with Gasteiger partial charge in [0.25, 0.3) is 0 Å². The molecule has 0 spiro atoms. The van der Waals surface area contributed by atoms with Crippen molar-refractivity contribution in [2.45, 2.75) is 25.8 Å². The first-order chi connectivity index (χ1) is 8.59. The predicted molar refractivity (Wildman–Crippen MR) is 64.5 cm³/mol. The zero-order valence-corrected chi connectivity index (χ0v) is 10.0. The minimum Gasteiger partial charge on any atom is -0.358 e. The van der Waals surface area contributed by atoms with E-state index in [9.17, 15) is 10.0 Å². The molecule has 1 aromatic rings. The highest BCUT2D eigenvalue weighted by Gasteiger charge is 2.22. The van der Waals surface area contributed by atoms with E-state index in [0.717, 1.165) is 18.4 Å². The normalized spacial score (nSPS) is 16.2. The first-order valence-electron chi connectivity index (χ1n) is 5.71. The molecule has 2 amide bonds. The van der Waals surface area contributed by atoms with Crippen LogP contribution in [0, 0.1) is 0 Å². The summed E-state index contributed by atoms with van der Waals surface area (Å²) in [6.07, 6.45) is 8.10. The van der Waals surface area contributed by atoms with Crippen LogP contribution in [0.25, 0.3) is 5.57 Å². The highest BCUT2D eigenvalue weighted by Crippen LogP contribution is 2.25. The summed E-state index contributed by atoms with van der Waals surface area (Å²) in [5.74, 6) is 0.381. The lowest BCUT2D eigenvalue weighted by molar-refractivity contribution is -0.0772. The molecule has 1 aromatic heterocycles. The molecule has 6 nitrogen and oxygen atoms in total. The van der Waals surface area contributed by atoms with Gasteiger partial charge in [0, 0.05) is 6.07 Å². The van der Waals surface area contributed by atoms with Crippen LogP contribution in [0.4, 0.5) is 4.79 Å². The summed E-state index contributed by atoms with van der Waals surface area (Å²) >= 11 is 0. The Hall–Kier alpha value is -2.08. The number of primary amides is 1. The Morgan fingerprint density at radius 3 is 3.00 bits per heavy atom. The van der Waals surface area contributed by atoms with Crippen molar-refractivity contribution in [1.29, 1.82) is 0 Å². The number of aromatic nitrogens is 1. The molecule has 3 N–H and O–H groups in total. The van der Waals surface area contributed by atoms with Gasteiger partial charge in [-0.1, -0.05) is 23.4 Å². The molecular formula is C12H15N3O3. The van der Waals surface area contributed by atoms with Crippen molar-refractivity contribution in [3.63, 3.8) is 0 Å². The van der Waals surface area contributed by atoms with Crippen LogP contribution in [-0.2, 0) is 0 Å². The fraction of sp³-hybridized carbons (Fsp3) is 0.333. The molecule has 18 heavy (non-hydrogen) atoms. The van der Waals surface area contributed by atoms with Crippen LogP contribution in [0.5, 0.6) is 0 Å². The number of hydroxylamine groups is 2. The van der Waals surface area contributed by atoms with Crippen LogP contribution in [0.3, 0.4) is 0 Å². The lowest BCUT2D eigenvalue weighted by atomic mass is 10.0. The maximum atomic E-state index is 10.8. The minimum atomic E-state index is -0.933. The summed E-state index contributed by atoms with van der Waals surface area (Å²) in [6.45, 7) is 1.60. The molecule has 0 saturated heterocycles. The molecular weight excluding hydrogens is 234 g/mol. The molecule has 0 fully saturated rings. The molecule has 1 atom stereocenters. The van der Waals surface area contributed by atoms with Gasteiger partial charge in [0.05, 0.1) is 0 Å². The van der Waals surface area contributed by atoms with Crippen LogP contribution in [0.15, 0.2) is 28.8 Å². The second-order valence-corrected chi connectivity index (χ2v) is 4.11. The molecule has 0 aromatic carbocycles. The van der Waals surface area contributed by atoms with E-state index in [2.05, 4.69) is 17.3 Å². The number of carbonyl (C=O) groups is 1. The highest BCUT2D eigenvalue weighted by atomic mass is 16.5. The third-order valence-corrected chi connectivity index (χ3v) is 2.82. The zero-order chi connectivity index (χ0) is 13.1. The Labute approximate surface area is 104 Å². The summed E-state index contributed by atoms with van der Waals surface area (Å²) in [5.41, 5.74) is 6.64. The Balaban J connectivity index is 2.17. The first-order valence-corrected chi connectivity index (χ1v) is 5.71. The van der Waals surface area contributed by atoms with E-state index in [1.807, 2.05) is 6.08 Å². The third-order valence-electron chi connectivity index (χ3n) is 2.82. The fourth-order valence-electron chi connectivity index (χ4n) is 1.74.